The van der Waals surface area contributed by atoms with Crippen molar-refractivity contribution in [2.24, 2.45) is 5.92 Å². The average Bonchev–Trinajstić information content (AvgIpc) is 3.05. The number of nitrogens with zero attached hydrogens (tertiary/aromatic N) is 1. The topological polar surface area (TPSA) is 29.3 Å². The van der Waals surface area contributed by atoms with Crippen LogP contribution in [0.5, 0.6) is 0 Å². The second-order valence-corrected chi connectivity index (χ2v) is 5.27. The summed E-state index contributed by atoms with van der Waals surface area (Å²) in [5.74, 6) is 0.622. The molecule has 0 bridgehead atoms. The van der Waals surface area contributed by atoms with Crippen molar-refractivity contribution >= 4 is 5.69 Å². The SMILES string of the molecule is CC(C)N(Cc1c(N)cccc1F)CC1CC1. The van der Waals surface area contributed by atoms with Crippen LogP contribution in [0, 0.1) is 11.7 Å². The Kier molecular flexibility index (Phi) is 3.67. The molecule has 0 radical (unpaired) electrons. The van der Waals surface area contributed by atoms with E-state index in [2.05, 4.69) is 18.7 Å². The minimum atomic E-state index is -0.188. The van der Waals surface area contributed by atoms with Crippen molar-refractivity contribution in [3.05, 3.63) is 29.6 Å². The standard InChI is InChI=1S/C14H21FN2/c1-10(2)17(8-11-6-7-11)9-12-13(15)4-3-5-14(12)16/h3-5,10-11H,6-9,16H2,1-2H3. The summed E-state index contributed by atoms with van der Waals surface area (Å²) in [6.07, 6.45) is 2.63. The summed E-state index contributed by atoms with van der Waals surface area (Å²) in [6, 6.07) is 5.35. The molecule has 1 aromatic carbocycles. The Morgan fingerprint density at radius 2 is 2.12 bits per heavy atom. The molecular weight excluding hydrogens is 215 g/mol. The monoisotopic (exact) mass is 236 g/mol. The Hall–Kier alpha value is -1.09. The molecule has 0 atom stereocenters. The lowest BCUT2D eigenvalue weighted by Crippen LogP contribution is -2.32. The summed E-state index contributed by atoms with van der Waals surface area (Å²) in [7, 11) is 0. The zero-order valence-electron chi connectivity index (χ0n) is 10.6. The van der Waals surface area contributed by atoms with Crippen LogP contribution in [-0.2, 0) is 6.54 Å². The van der Waals surface area contributed by atoms with Gasteiger partial charge in [-0.1, -0.05) is 6.07 Å². The van der Waals surface area contributed by atoms with E-state index in [0.29, 0.717) is 23.8 Å². The number of benzene rings is 1. The Labute approximate surface area is 103 Å². The average molecular weight is 236 g/mol. The van der Waals surface area contributed by atoms with Crippen LogP contribution in [0.25, 0.3) is 0 Å². The lowest BCUT2D eigenvalue weighted by atomic mass is 10.1. The highest BCUT2D eigenvalue weighted by molar-refractivity contribution is 5.47. The highest BCUT2D eigenvalue weighted by Gasteiger charge is 2.26. The molecule has 2 N–H and O–H groups in total. The van der Waals surface area contributed by atoms with Crippen LogP contribution < -0.4 is 5.73 Å². The van der Waals surface area contributed by atoms with E-state index in [1.165, 1.54) is 18.9 Å². The zero-order chi connectivity index (χ0) is 12.4. The van der Waals surface area contributed by atoms with Crippen LogP contribution in [0.3, 0.4) is 0 Å². The third-order valence-electron chi connectivity index (χ3n) is 3.44. The van der Waals surface area contributed by atoms with Crippen LogP contribution in [0.15, 0.2) is 18.2 Å². The molecule has 2 nitrogen and oxygen atoms in total. The molecule has 1 saturated carbocycles. The van der Waals surface area contributed by atoms with Crippen molar-refractivity contribution in [3.63, 3.8) is 0 Å². The maximum Gasteiger partial charge on any atom is 0.129 e. The third kappa shape index (κ3) is 3.19. The fourth-order valence-corrected chi connectivity index (χ4v) is 2.04. The number of nitrogens with two attached hydrogens (primary N) is 1. The maximum absolute atomic E-state index is 13.7. The smallest absolute Gasteiger partial charge is 0.129 e. The third-order valence-corrected chi connectivity index (χ3v) is 3.44. The zero-order valence-corrected chi connectivity index (χ0v) is 10.6. The Balaban J connectivity index is 2.10. The van der Waals surface area contributed by atoms with Gasteiger partial charge in [-0.25, -0.2) is 4.39 Å². The maximum atomic E-state index is 13.7. The molecule has 3 heteroatoms. The molecule has 0 spiro atoms. The molecule has 1 aliphatic rings. The summed E-state index contributed by atoms with van der Waals surface area (Å²) < 4.78 is 13.7. The fourth-order valence-electron chi connectivity index (χ4n) is 2.04. The summed E-state index contributed by atoms with van der Waals surface area (Å²) in [4.78, 5) is 2.31. The number of halogens is 1. The van der Waals surface area contributed by atoms with Gasteiger partial charge in [-0.3, -0.25) is 4.90 Å². The van der Waals surface area contributed by atoms with Crippen molar-refractivity contribution in [1.29, 1.82) is 0 Å². The first-order valence-corrected chi connectivity index (χ1v) is 6.35. The Morgan fingerprint density at radius 1 is 1.41 bits per heavy atom. The van der Waals surface area contributed by atoms with Gasteiger partial charge in [0.25, 0.3) is 0 Å². The minimum Gasteiger partial charge on any atom is -0.398 e. The molecule has 17 heavy (non-hydrogen) atoms. The molecule has 0 heterocycles. The van der Waals surface area contributed by atoms with Gasteiger partial charge in [-0.15, -0.1) is 0 Å². The largest absolute Gasteiger partial charge is 0.398 e. The lowest BCUT2D eigenvalue weighted by Gasteiger charge is -2.27. The van der Waals surface area contributed by atoms with Gasteiger partial charge in [0.2, 0.25) is 0 Å². The van der Waals surface area contributed by atoms with Gasteiger partial charge in [-0.05, 0) is 44.7 Å². The first-order valence-electron chi connectivity index (χ1n) is 6.35. The first kappa shape index (κ1) is 12.4. The molecule has 1 aromatic rings. The van der Waals surface area contributed by atoms with Crippen molar-refractivity contribution < 1.29 is 4.39 Å². The molecule has 1 aliphatic carbocycles. The molecule has 0 aliphatic heterocycles. The Bertz CT molecular complexity index is 366. The van der Waals surface area contributed by atoms with Gasteiger partial charge in [-0.2, -0.15) is 0 Å². The van der Waals surface area contributed by atoms with E-state index in [1.54, 1.807) is 12.1 Å². The van der Waals surface area contributed by atoms with E-state index < -0.39 is 0 Å². The predicted octanol–water partition coefficient (Wildman–Crippen LogP) is 3.03. The van der Waals surface area contributed by atoms with Crippen molar-refractivity contribution in [2.75, 3.05) is 12.3 Å². The molecule has 0 unspecified atom stereocenters. The van der Waals surface area contributed by atoms with Crippen LogP contribution in [-0.4, -0.2) is 17.5 Å². The molecule has 0 aromatic heterocycles. The lowest BCUT2D eigenvalue weighted by molar-refractivity contribution is 0.201. The minimum absolute atomic E-state index is 0.188. The van der Waals surface area contributed by atoms with Gasteiger partial charge < -0.3 is 5.73 Å². The van der Waals surface area contributed by atoms with E-state index in [-0.39, 0.29) is 5.82 Å². The first-order chi connectivity index (χ1) is 8.08. The molecule has 2 rings (SSSR count). The predicted molar refractivity (Wildman–Crippen MR) is 69.1 cm³/mol. The van der Waals surface area contributed by atoms with E-state index in [1.807, 2.05) is 0 Å². The number of anilines is 1. The quantitative estimate of drug-likeness (QED) is 0.796. The highest BCUT2D eigenvalue weighted by atomic mass is 19.1. The molecule has 0 amide bonds. The second kappa shape index (κ2) is 5.05. The van der Waals surface area contributed by atoms with Crippen molar-refractivity contribution in [1.82, 2.24) is 4.90 Å². The molecule has 0 saturated heterocycles. The number of nitrogen functional groups attached to an aromatic ring is 1. The van der Waals surface area contributed by atoms with Gasteiger partial charge in [0, 0.05) is 30.4 Å². The second-order valence-electron chi connectivity index (χ2n) is 5.27. The van der Waals surface area contributed by atoms with Crippen molar-refractivity contribution in [2.45, 2.75) is 39.3 Å². The van der Waals surface area contributed by atoms with E-state index in [9.17, 15) is 4.39 Å². The van der Waals surface area contributed by atoms with Crippen LogP contribution in [0.4, 0.5) is 10.1 Å². The number of hydrogen-bond acceptors (Lipinski definition) is 2. The molecule has 94 valence electrons. The van der Waals surface area contributed by atoms with E-state index in [0.717, 1.165) is 12.5 Å². The summed E-state index contributed by atoms with van der Waals surface area (Å²) >= 11 is 0. The van der Waals surface area contributed by atoms with Crippen LogP contribution in [0.1, 0.15) is 32.3 Å². The summed E-state index contributed by atoms with van der Waals surface area (Å²) in [6.45, 7) is 5.98. The van der Waals surface area contributed by atoms with Crippen LogP contribution >= 0.6 is 0 Å². The summed E-state index contributed by atoms with van der Waals surface area (Å²) in [5.41, 5.74) is 7.05. The van der Waals surface area contributed by atoms with Gasteiger partial charge in [0.1, 0.15) is 5.82 Å². The number of rotatable bonds is 5. The normalized spacial score (nSPS) is 15.8. The molecule has 1 fully saturated rings. The highest BCUT2D eigenvalue weighted by Crippen LogP contribution is 2.31. The molecular formula is C14H21FN2. The van der Waals surface area contributed by atoms with Gasteiger partial charge >= 0.3 is 0 Å². The van der Waals surface area contributed by atoms with Gasteiger partial charge in [0.15, 0.2) is 0 Å². The fraction of sp³-hybridized carbons (Fsp3) is 0.571. The van der Waals surface area contributed by atoms with E-state index in [4.69, 9.17) is 5.73 Å². The summed E-state index contributed by atoms with van der Waals surface area (Å²) in [5, 5.41) is 0. The Morgan fingerprint density at radius 3 is 2.65 bits per heavy atom. The van der Waals surface area contributed by atoms with Crippen molar-refractivity contribution in [3.8, 4) is 0 Å². The number of hydrogen-bond donors (Lipinski definition) is 1. The van der Waals surface area contributed by atoms with Crippen LogP contribution in [0.2, 0.25) is 0 Å². The van der Waals surface area contributed by atoms with Gasteiger partial charge in [0.05, 0.1) is 0 Å². The van der Waals surface area contributed by atoms with E-state index >= 15 is 0 Å².